The van der Waals surface area contributed by atoms with Crippen LogP contribution in [-0.4, -0.2) is 36.7 Å². The first-order valence-corrected chi connectivity index (χ1v) is 4.92. The fourth-order valence-corrected chi connectivity index (χ4v) is 0.756. The molecule has 92 valence electrons. The monoisotopic (exact) mass is 229 g/mol. The summed E-state index contributed by atoms with van der Waals surface area (Å²) >= 11 is 0. The summed E-state index contributed by atoms with van der Waals surface area (Å²) in [6, 6.07) is 0. The summed E-state index contributed by atoms with van der Waals surface area (Å²) in [6.45, 7) is 6.81. The third-order valence-corrected chi connectivity index (χ3v) is 1.34. The number of nitrogens with zero attached hydrogens (tertiary/aromatic N) is 1. The van der Waals surface area contributed by atoms with Crippen molar-refractivity contribution in [2.24, 2.45) is 0 Å². The number of ether oxygens (including phenoxy) is 2. The average Bonchev–Trinajstić information content (AvgIpc) is 1.98. The Hall–Kier alpha value is -1.52. The molecular formula is C11H19NO4. The van der Waals surface area contributed by atoms with Gasteiger partial charge in [0.05, 0.1) is 6.08 Å². The van der Waals surface area contributed by atoms with Crippen molar-refractivity contribution in [1.29, 1.82) is 0 Å². The van der Waals surface area contributed by atoms with Crippen molar-refractivity contribution in [1.82, 2.24) is 4.90 Å². The van der Waals surface area contributed by atoms with Gasteiger partial charge in [-0.25, -0.2) is 9.59 Å². The minimum Gasteiger partial charge on any atom is -0.457 e. The van der Waals surface area contributed by atoms with Crippen LogP contribution in [0.2, 0.25) is 0 Å². The Kier molecular flexibility index (Phi) is 5.01. The molecule has 0 heterocycles. The molecule has 0 unspecified atom stereocenters. The molecule has 1 amide bonds. The van der Waals surface area contributed by atoms with Crippen molar-refractivity contribution < 1.29 is 19.1 Å². The predicted molar refractivity (Wildman–Crippen MR) is 59.8 cm³/mol. The molecule has 0 saturated heterocycles. The fraction of sp³-hybridized carbons (Fsp3) is 0.636. The van der Waals surface area contributed by atoms with E-state index < -0.39 is 17.7 Å². The number of amides is 1. The third kappa shape index (κ3) is 6.86. The topological polar surface area (TPSA) is 55.8 Å². The zero-order chi connectivity index (χ0) is 12.9. The third-order valence-electron chi connectivity index (χ3n) is 1.34. The summed E-state index contributed by atoms with van der Waals surface area (Å²) < 4.78 is 9.87. The van der Waals surface area contributed by atoms with Gasteiger partial charge in [0.2, 0.25) is 0 Å². The smallest absolute Gasteiger partial charge is 0.414 e. The highest BCUT2D eigenvalue weighted by Crippen LogP contribution is 2.08. The summed E-state index contributed by atoms with van der Waals surface area (Å²) in [5.74, 6) is -0.329. The Bertz CT molecular complexity index is 300. The standard InChI is InChI=1S/C11H19NO4/c1-8(15-10(14)12(5)6)7-9(13)16-11(2,3)4/h7H,1-6H3/b8-7-. The molecule has 0 atom stereocenters. The van der Waals surface area contributed by atoms with Crippen LogP contribution in [0.1, 0.15) is 27.7 Å². The molecule has 0 fully saturated rings. The molecule has 0 aliphatic carbocycles. The fourth-order valence-electron chi connectivity index (χ4n) is 0.756. The van der Waals surface area contributed by atoms with E-state index in [9.17, 15) is 9.59 Å². The zero-order valence-electron chi connectivity index (χ0n) is 10.7. The number of hydrogen-bond acceptors (Lipinski definition) is 4. The maximum atomic E-state index is 11.3. The molecule has 16 heavy (non-hydrogen) atoms. The minimum absolute atomic E-state index is 0.202. The molecule has 5 heteroatoms. The summed E-state index contributed by atoms with van der Waals surface area (Å²) in [7, 11) is 3.12. The van der Waals surface area contributed by atoms with Gasteiger partial charge in [-0.2, -0.15) is 0 Å². The van der Waals surface area contributed by atoms with Crippen molar-refractivity contribution in [3.05, 3.63) is 11.8 Å². The Morgan fingerprint density at radius 2 is 1.69 bits per heavy atom. The number of esters is 1. The van der Waals surface area contributed by atoms with Crippen molar-refractivity contribution >= 4 is 12.1 Å². The Morgan fingerprint density at radius 1 is 1.19 bits per heavy atom. The minimum atomic E-state index is -0.556. The molecule has 0 saturated carbocycles. The van der Waals surface area contributed by atoms with E-state index in [1.807, 2.05) is 0 Å². The van der Waals surface area contributed by atoms with Gasteiger partial charge in [-0.05, 0) is 27.7 Å². The van der Waals surface area contributed by atoms with Crippen LogP contribution in [0.4, 0.5) is 4.79 Å². The normalized spacial score (nSPS) is 12.0. The molecule has 0 bridgehead atoms. The molecule has 0 aliphatic rings. The number of rotatable bonds is 2. The lowest BCUT2D eigenvalue weighted by Crippen LogP contribution is -2.24. The van der Waals surface area contributed by atoms with Gasteiger partial charge in [-0.3, -0.25) is 0 Å². The first-order valence-electron chi connectivity index (χ1n) is 4.92. The SMILES string of the molecule is C/C(=C/C(=O)OC(C)(C)C)OC(=O)N(C)C. The van der Waals surface area contributed by atoms with E-state index in [0.29, 0.717) is 0 Å². The van der Waals surface area contributed by atoms with Gasteiger partial charge in [0, 0.05) is 14.1 Å². The highest BCUT2D eigenvalue weighted by Gasteiger charge is 2.15. The highest BCUT2D eigenvalue weighted by atomic mass is 16.6. The quantitative estimate of drug-likeness (QED) is 0.412. The van der Waals surface area contributed by atoms with Crippen molar-refractivity contribution in [3.63, 3.8) is 0 Å². The van der Waals surface area contributed by atoms with Crippen LogP contribution >= 0.6 is 0 Å². The molecule has 0 aromatic carbocycles. The highest BCUT2D eigenvalue weighted by molar-refractivity contribution is 5.83. The summed E-state index contributed by atoms with van der Waals surface area (Å²) in [5, 5.41) is 0. The van der Waals surface area contributed by atoms with Gasteiger partial charge in [-0.1, -0.05) is 0 Å². The second-order valence-electron chi connectivity index (χ2n) is 4.55. The molecule has 0 rings (SSSR count). The van der Waals surface area contributed by atoms with Crippen LogP contribution in [0.25, 0.3) is 0 Å². The van der Waals surface area contributed by atoms with Gasteiger partial charge >= 0.3 is 12.1 Å². The van der Waals surface area contributed by atoms with Crippen molar-refractivity contribution in [2.45, 2.75) is 33.3 Å². The van der Waals surface area contributed by atoms with E-state index in [2.05, 4.69) is 0 Å². The summed E-state index contributed by atoms with van der Waals surface area (Å²) in [5.41, 5.74) is -0.556. The molecule has 0 N–H and O–H groups in total. The number of carbonyl (C=O) groups excluding carboxylic acids is 2. The molecular weight excluding hydrogens is 210 g/mol. The lowest BCUT2D eigenvalue weighted by molar-refractivity contribution is -0.148. The van der Waals surface area contributed by atoms with Gasteiger partial charge in [0.25, 0.3) is 0 Å². The van der Waals surface area contributed by atoms with Crippen molar-refractivity contribution in [3.8, 4) is 0 Å². The van der Waals surface area contributed by atoms with Gasteiger partial charge in [0.15, 0.2) is 0 Å². The maximum absolute atomic E-state index is 11.3. The molecule has 0 aromatic rings. The number of allylic oxidation sites excluding steroid dienone is 1. The van der Waals surface area contributed by atoms with Crippen LogP contribution in [0.5, 0.6) is 0 Å². The summed E-state index contributed by atoms with van der Waals surface area (Å²) in [6.07, 6.45) is 0.615. The number of hydrogen-bond donors (Lipinski definition) is 0. The van der Waals surface area contributed by atoms with Gasteiger partial charge < -0.3 is 14.4 Å². The molecule has 0 aromatic heterocycles. The van der Waals surface area contributed by atoms with E-state index in [-0.39, 0.29) is 5.76 Å². The van der Waals surface area contributed by atoms with E-state index in [0.717, 1.165) is 6.08 Å². The van der Waals surface area contributed by atoms with Crippen LogP contribution in [-0.2, 0) is 14.3 Å². The van der Waals surface area contributed by atoms with Crippen LogP contribution in [0.3, 0.4) is 0 Å². The van der Waals surface area contributed by atoms with E-state index >= 15 is 0 Å². The Balaban J connectivity index is 4.33. The maximum Gasteiger partial charge on any atom is 0.414 e. The molecule has 5 nitrogen and oxygen atoms in total. The largest absolute Gasteiger partial charge is 0.457 e. The Labute approximate surface area is 96.0 Å². The van der Waals surface area contributed by atoms with Crippen LogP contribution in [0.15, 0.2) is 11.8 Å². The van der Waals surface area contributed by atoms with E-state index in [4.69, 9.17) is 9.47 Å². The molecule has 0 aliphatic heterocycles. The van der Waals surface area contributed by atoms with E-state index in [1.54, 1.807) is 34.9 Å². The molecule has 0 spiro atoms. The Morgan fingerprint density at radius 3 is 2.06 bits per heavy atom. The lowest BCUT2D eigenvalue weighted by atomic mass is 10.2. The van der Waals surface area contributed by atoms with E-state index in [1.165, 1.54) is 11.8 Å². The lowest BCUT2D eigenvalue weighted by Gasteiger charge is -2.18. The average molecular weight is 229 g/mol. The first kappa shape index (κ1) is 14.5. The van der Waals surface area contributed by atoms with Crippen LogP contribution < -0.4 is 0 Å². The summed E-state index contributed by atoms with van der Waals surface area (Å²) in [4.78, 5) is 23.7. The first-order chi connectivity index (χ1) is 7.11. The van der Waals surface area contributed by atoms with Crippen molar-refractivity contribution in [2.75, 3.05) is 14.1 Å². The second-order valence-corrected chi connectivity index (χ2v) is 4.55. The zero-order valence-corrected chi connectivity index (χ0v) is 10.7. The predicted octanol–water partition coefficient (Wildman–Crippen LogP) is 1.93. The molecule has 0 radical (unpaired) electrons. The second kappa shape index (κ2) is 5.53. The van der Waals surface area contributed by atoms with Crippen LogP contribution in [0, 0.1) is 0 Å². The number of carbonyl (C=O) groups is 2. The van der Waals surface area contributed by atoms with Gasteiger partial charge in [-0.15, -0.1) is 0 Å². The van der Waals surface area contributed by atoms with Gasteiger partial charge in [0.1, 0.15) is 11.4 Å².